The molecule has 2 aromatic heterocycles. The summed E-state index contributed by atoms with van der Waals surface area (Å²) in [5, 5.41) is 13.7. The number of rotatable bonds is 4. The lowest BCUT2D eigenvalue weighted by Crippen LogP contribution is -2.28. The van der Waals surface area contributed by atoms with Crippen LogP contribution in [0.4, 0.5) is 5.69 Å². The molecule has 0 bridgehead atoms. The Morgan fingerprint density at radius 2 is 2.04 bits per heavy atom. The van der Waals surface area contributed by atoms with Crippen LogP contribution >= 0.6 is 0 Å². The van der Waals surface area contributed by atoms with Crippen LogP contribution in [-0.4, -0.2) is 37.9 Å². The van der Waals surface area contributed by atoms with E-state index < -0.39 is 0 Å². The number of anilines is 1. The summed E-state index contributed by atoms with van der Waals surface area (Å²) < 4.78 is 1.92. The summed E-state index contributed by atoms with van der Waals surface area (Å²) in [6, 6.07) is 0.287. The molecule has 148 valence electrons. The van der Waals surface area contributed by atoms with Gasteiger partial charge in [0.1, 0.15) is 11.4 Å². The number of carbonyl (C=O) groups is 1. The van der Waals surface area contributed by atoms with Crippen LogP contribution in [0.5, 0.6) is 0 Å². The predicted molar refractivity (Wildman–Crippen MR) is 108 cm³/mol. The maximum absolute atomic E-state index is 11.6. The largest absolute Gasteiger partial charge is 0.389 e. The molecule has 0 atom stereocenters. The monoisotopic (exact) mass is 381 g/mol. The highest BCUT2D eigenvalue weighted by Crippen LogP contribution is 2.42. The summed E-state index contributed by atoms with van der Waals surface area (Å²) >= 11 is 0. The fourth-order valence-corrected chi connectivity index (χ4v) is 4.87. The molecule has 2 aromatic rings. The zero-order chi connectivity index (χ0) is 19.1. The fraction of sp³-hybridized carbons (Fsp3) is 0.619. The smallest absolute Gasteiger partial charge is 0.159 e. The van der Waals surface area contributed by atoms with Crippen LogP contribution in [0.2, 0.25) is 0 Å². The van der Waals surface area contributed by atoms with Gasteiger partial charge in [-0.05, 0) is 45.4 Å². The van der Waals surface area contributed by atoms with Crippen LogP contribution in [0.3, 0.4) is 0 Å². The Kier molecular flexibility index (Phi) is 4.33. The van der Waals surface area contributed by atoms with Crippen molar-refractivity contribution in [3.8, 4) is 0 Å². The Morgan fingerprint density at radius 1 is 1.25 bits per heavy atom. The lowest BCUT2D eigenvalue weighted by Gasteiger charge is -2.25. The van der Waals surface area contributed by atoms with E-state index in [9.17, 15) is 4.79 Å². The van der Waals surface area contributed by atoms with Crippen molar-refractivity contribution in [1.82, 2.24) is 14.8 Å². The number of aromatic nitrogens is 3. The van der Waals surface area contributed by atoms with Crippen molar-refractivity contribution in [3.05, 3.63) is 18.0 Å². The zero-order valence-electron chi connectivity index (χ0n) is 16.4. The summed E-state index contributed by atoms with van der Waals surface area (Å²) in [6.45, 7) is 2.85. The van der Waals surface area contributed by atoms with E-state index in [1.807, 2.05) is 17.1 Å². The third-order valence-corrected chi connectivity index (χ3v) is 6.52. The molecule has 1 N–H and O–H groups in total. The molecule has 3 aliphatic rings. The molecule has 3 heterocycles. The van der Waals surface area contributed by atoms with Crippen LogP contribution in [0.15, 0.2) is 17.5 Å². The molecule has 1 aliphatic heterocycles. The van der Waals surface area contributed by atoms with Gasteiger partial charge in [-0.1, -0.05) is 5.16 Å². The van der Waals surface area contributed by atoms with Gasteiger partial charge < -0.3 is 10.2 Å². The average Bonchev–Trinajstić information content (AvgIpc) is 3.44. The quantitative estimate of drug-likeness (QED) is 0.871. The van der Waals surface area contributed by atoms with Crippen molar-refractivity contribution in [1.29, 1.82) is 0 Å². The first-order chi connectivity index (χ1) is 13.7. The van der Waals surface area contributed by atoms with Crippen molar-refractivity contribution < 1.29 is 9.63 Å². The molecule has 1 spiro atoms. The van der Waals surface area contributed by atoms with E-state index in [4.69, 9.17) is 9.82 Å². The normalized spacial score (nSPS) is 22.0. The minimum absolute atomic E-state index is 0.105. The number of nitrogens with zero attached hydrogens (tertiary/aromatic N) is 4. The van der Waals surface area contributed by atoms with E-state index in [-0.39, 0.29) is 11.6 Å². The second-order valence-corrected chi connectivity index (χ2v) is 8.40. The molecule has 0 saturated heterocycles. The maximum atomic E-state index is 11.6. The number of aryl methyl sites for hydroxylation is 1. The number of hydrogen-bond donors (Lipinski definition) is 1. The standard InChI is InChI=1S/C21H27N5O2/c1-2-26-20-17(13-23-26)19(24-14-5-7-15(27)8-6-14)16(12-22-20)18-11-21(28-25-18)9-3-4-10-21/h12-14H,2-11H2,1H3,(H,22,24). The topological polar surface area (TPSA) is 81.4 Å². The van der Waals surface area contributed by atoms with Crippen molar-refractivity contribution in [2.75, 3.05) is 5.32 Å². The van der Waals surface area contributed by atoms with Gasteiger partial charge in [-0.25, -0.2) is 9.67 Å². The zero-order valence-corrected chi connectivity index (χ0v) is 16.4. The Morgan fingerprint density at radius 3 is 2.79 bits per heavy atom. The molecule has 0 radical (unpaired) electrons. The highest BCUT2D eigenvalue weighted by molar-refractivity contribution is 6.10. The van der Waals surface area contributed by atoms with E-state index in [0.29, 0.717) is 18.6 Å². The SMILES string of the molecule is CCn1ncc2c(NC3CCC(=O)CC3)c(C3=NOC4(CCCC4)C3)cnc21. The van der Waals surface area contributed by atoms with Crippen LogP contribution < -0.4 is 5.32 Å². The second kappa shape index (κ2) is 6.87. The van der Waals surface area contributed by atoms with Crippen molar-refractivity contribution >= 4 is 28.2 Å². The number of pyridine rings is 1. The van der Waals surface area contributed by atoms with Crippen LogP contribution in [0.25, 0.3) is 11.0 Å². The summed E-state index contributed by atoms with van der Waals surface area (Å²) in [5.74, 6) is 0.369. The first-order valence-electron chi connectivity index (χ1n) is 10.6. The summed E-state index contributed by atoms with van der Waals surface area (Å²) in [5.41, 5.74) is 3.82. The highest BCUT2D eigenvalue weighted by Gasteiger charge is 2.42. The van der Waals surface area contributed by atoms with E-state index >= 15 is 0 Å². The van der Waals surface area contributed by atoms with E-state index in [1.165, 1.54) is 12.8 Å². The number of oxime groups is 1. The number of Topliss-reactive ketones (excluding diaryl/α,β-unsaturated/α-hetero) is 1. The average molecular weight is 381 g/mol. The van der Waals surface area contributed by atoms with Crippen molar-refractivity contribution in [2.24, 2.45) is 5.16 Å². The third kappa shape index (κ3) is 2.97. The van der Waals surface area contributed by atoms with Gasteiger partial charge in [-0.2, -0.15) is 5.10 Å². The van der Waals surface area contributed by atoms with Gasteiger partial charge in [0, 0.05) is 43.6 Å². The van der Waals surface area contributed by atoms with Gasteiger partial charge in [0.05, 0.1) is 23.0 Å². The number of fused-ring (bicyclic) bond motifs is 1. The van der Waals surface area contributed by atoms with Gasteiger partial charge >= 0.3 is 0 Å². The second-order valence-electron chi connectivity index (χ2n) is 8.40. The summed E-state index contributed by atoms with van der Waals surface area (Å²) in [4.78, 5) is 22.3. The minimum Gasteiger partial charge on any atom is -0.389 e. The molecular formula is C21H27N5O2. The molecule has 7 nitrogen and oxygen atoms in total. The Balaban J connectivity index is 1.52. The molecule has 5 rings (SSSR count). The van der Waals surface area contributed by atoms with Crippen molar-refractivity contribution in [2.45, 2.75) is 82.9 Å². The lowest BCUT2D eigenvalue weighted by molar-refractivity contribution is -0.120. The first kappa shape index (κ1) is 17.6. The molecule has 28 heavy (non-hydrogen) atoms. The van der Waals surface area contributed by atoms with Gasteiger partial charge in [-0.3, -0.25) is 4.79 Å². The molecule has 0 unspecified atom stereocenters. The van der Waals surface area contributed by atoms with E-state index in [0.717, 1.165) is 66.6 Å². The highest BCUT2D eigenvalue weighted by atomic mass is 16.7. The van der Waals surface area contributed by atoms with E-state index in [2.05, 4.69) is 22.5 Å². The Labute approximate surface area is 164 Å². The molecule has 0 aromatic carbocycles. The molecule has 7 heteroatoms. The Bertz CT molecular complexity index is 932. The lowest BCUT2D eigenvalue weighted by atomic mass is 9.91. The maximum Gasteiger partial charge on any atom is 0.159 e. The summed E-state index contributed by atoms with van der Waals surface area (Å²) in [7, 11) is 0. The van der Waals surface area contributed by atoms with Crippen molar-refractivity contribution in [3.63, 3.8) is 0 Å². The molecule has 2 saturated carbocycles. The number of hydrogen-bond acceptors (Lipinski definition) is 6. The van der Waals surface area contributed by atoms with Gasteiger partial charge in [0.25, 0.3) is 0 Å². The minimum atomic E-state index is -0.105. The van der Waals surface area contributed by atoms with Gasteiger partial charge in [0.2, 0.25) is 0 Å². The van der Waals surface area contributed by atoms with Gasteiger partial charge in [0.15, 0.2) is 5.65 Å². The number of ketones is 1. The third-order valence-electron chi connectivity index (χ3n) is 6.52. The molecular weight excluding hydrogens is 354 g/mol. The fourth-order valence-electron chi connectivity index (χ4n) is 4.87. The predicted octanol–water partition coefficient (Wildman–Crippen LogP) is 3.81. The van der Waals surface area contributed by atoms with Crippen LogP contribution in [0, 0.1) is 0 Å². The number of nitrogens with one attached hydrogen (secondary N) is 1. The molecule has 2 fully saturated rings. The van der Waals surface area contributed by atoms with Crippen LogP contribution in [-0.2, 0) is 16.2 Å². The van der Waals surface area contributed by atoms with Crippen LogP contribution in [0.1, 0.15) is 70.3 Å². The number of carbonyl (C=O) groups excluding carboxylic acids is 1. The summed E-state index contributed by atoms with van der Waals surface area (Å²) in [6.07, 6.45) is 12.3. The first-order valence-corrected chi connectivity index (χ1v) is 10.6. The van der Waals surface area contributed by atoms with E-state index in [1.54, 1.807) is 0 Å². The Hall–Kier alpha value is -2.44. The molecule has 2 aliphatic carbocycles. The van der Waals surface area contributed by atoms with Gasteiger partial charge in [-0.15, -0.1) is 0 Å². The molecule has 0 amide bonds.